The summed E-state index contributed by atoms with van der Waals surface area (Å²) >= 11 is 0. The van der Waals surface area contributed by atoms with Crippen molar-refractivity contribution in [3.8, 4) is 0 Å². The van der Waals surface area contributed by atoms with E-state index in [2.05, 4.69) is 15.4 Å². The van der Waals surface area contributed by atoms with Gasteiger partial charge in [-0.2, -0.15) is 0 Å². The number of likely N-dealkylation sites (N-methyl/N-ethyl adjacent to an activating group) is 1. The van der Waals surface area contributed by atoms with Crippen LogP contribution in [0.1, 0.15) is 39.5 Å². The van der Waals surface area contributed by atoms with Crippen molar-refractivity contribution in [1.82, 2.24) is 15.7 Å². The van der Waals surface area contributed by atoms with Gasteiger partial charge in [-0.25, -0.2) is 4.79 Å². The molecule has 25 heavy (non-hydrogen) atoms. The van der Waals surface area contributed by atoms with Gasteiger partial charge in [0.05, 0.1) is 7.11 Å². The van der Waals surface area contributed by atoms with Crippen molar-refractivity contribution in [3.05, 3.63) is 0 Å². The Morgan fingerprint density at radius 3 is 2.20 bits per heavy atom. The van der Waals surface area contributed by atoms with E-state index in [0.29, 0.717) is 6.42 Å². The summed E-state index contributed by atoms with van der Waals surface area (Å²) in [7, 11) is 2.51. The van der Waals surface area contributed by atoms with Gasteiger partial charge in [0.25, 0.3) is 5.91 Å². The van der Waals surface area contributed by atoms with E-state index in [0.717, 1.165) is 0 Å². The predicted molar refractivity (Wildman–Crippen MR) is 86.3 cm³/mol. The fraction of sp³-hybridized carbons (Fsp3) is 0.733. The summed E-state index contributed by atoms with van der Waals surface area (Å²) in [6, 6.07) is -2.43. The van der Waals surface area contributed by atoms with Gasteiger partial charge in [0.2, 0.25) is 5.91 Å². The summed E-state index contributed by atoms with van der Waals surface area (Å²) in [5, 5.41) is 23.5. The average Bonchev–Trinajstić information content (AvgIpc) is 2.60. The average molecular weight is 361 g/mol. The Bertz CT molecular complexity index is 482. The number of esters is 1. The minimum Gasteiger partial charge on any atom is -0.469 e. The molecule has 0 unspecified atom stereocenters. The highest BCUT2D eigenvalue weighted by Crippen LogP contribution is 2.09. The lowest BCUT2D eigenvalue weighted by Crippen LogP contribution is -2.53. The highest BCUT2D eigenvalue weighted by molar-refractivity contribution is 5.97. The van der Waals surface area contributed by atoms with Gasteiger partial charge >= 0.3 is 12.0 Å². The molecular formula is C15H27N3O7. The number of carbonyl (C=O) groups excluding carboxylic acids is 4. The van der Waals surface area contributed by atoms with Gasteiger partial charge in [0, 0.05) is 13.5 Å². The molecule has 0 fully saturated rings. The number of nitrogens with zero attached hydrogens (tertiary/aromatic N) is 1. The van der Waals surface area contributed by atoms with Crippen molar-refractivity contribution in [1.29, 1.82) is 0 Å². The number of ether oxygens (including phenoxy) is 1. The third-order valence-corrected chi connectivity index (χ3v) is 3.43. The molecule has 10 nitrogen and oxygen atoms in total. The number of aliphatic hydroxyl groups excluding tert-OH is 1. The molecular weight excluding hydrogens is 334 g/mol. The first-order chi connectivity index (χ1) is 11.6. The molecule has 0 radical (unpaired) electrons. The van der Waals surface area contributed by atoms with Crippen LogP contribution in [0.15, 0.2) is 0 Å². The molecule has 0 aromatic heterocycles. The van der Waals surface area contributed by atoms with E-state index < -0.39 is 36.0 Å². The van der Waals surface area contributed by atoms with Gasteiger partial charge in [-0.05, 0) is 25.2 Å². The topological polar surface area (TPSA) is 145 Å². The first-order valence-corrected chi connectivity index (χ1v) is 7.93. The standard InChI is InChI=1S/C15H27N3O7/c1-9(2)5-7-11(19)14(22)18(24)15(23)17-10(13(21)16-3)6-8-12(20)25-4/h9-11,19,24H,5-8H2,1-4H3,(H,16,21)(H,17,23)/t10-,11-/m0/s1. The lowest BCUT2D eigenvalue weighted by atomic mass is 10.0. The molecule has 144 valence electrons. The maximum Gasteiger partial charge on any atom is 0.349 e. The molecule has 0 aromatic rings. The Labute approximate surface area is 146 Å². The van der Waals surface area contributed by atoms with Gasteiger partial charge < -0.3 is 20.5 Å². The zero-order valence-corrected chi connectivity index (χ0v) is 14.9. The Balaban J connectivity index is 4.77. The van der Waals surface area contributed by atoms with Crippen LogP contribution in [0.5, 0.6) is 0 Å². The highest BCUT2D eigenvalue weighted by Gasteiger charge is 2.29. The van der Waals surface area contributed by atoms with E-state index in [9.17, 15) is 29.5 Å². The zero-order valence-electron chi connectivity index (χ0n) is 14.9. The number of aliphatic hydroxyl groups is 1. The molecule has 0 aromatic carbocycles. The lowest BCUT2D eigenvalue weighted by Gasteiger charge is -2.21. The van der Waals surface area contributed by atoms with E-state index in [1.165, 1.54) is 14.2 Å². The first kappa shape index (κ1) is 22.8. The van der Waals surface area contributed by atoms with E-state index in [1.807, 2.05) is 13.8 Å². The van der Waals surface area contributed by atoms with Crippen LogP contribution in [0.25, 0.3) is 0 Å². The van der Waals surface area contributed by atoms with Gasteiger partial charge in [-0.15, -0.1) is 5.06 Å². The predicted octanol–water partition coefficient (Wildman–Crippen LogP) is -0.221. The summed E-state index contributed by atoms with van der Waals surface area (Å²) in [4.78, 5) is 46.6. The van der Waals surface area contributed by atoms with Gasteiger partial charge in [-0.1, -0.05) is 13.8 Å². The van der Waals surface area contributed by atoms with Gasteiger partial charge in [-0.3, -0.25) is 19.6 Å². The Morgan fingerprint density at radius 2 is 1.72 bits per heavy atom. The van der Waals surface area contributed by atoms with E-state index >= 15 is 0 Å². The molecule has 10 heteroatoms. The first-order valence-electron chi connectivity index (χ1n) is 7.93. The van der Waals surface area contributed by atoms with Gasteiger partial charge in [0.15, 0.2) is 0 Å². The van der Waals surface area contributed by atoms with Crippen LogP contribution in [-0.4, -0.2) is 65.5 Å². The molecule has 0 spiro atoms. The number of nitrogens with one attached hydrogen (secondary N) is 2. The van der Waals surface area contributed by atoms with Crippen molar-refractivity contribution in [2.24, 2.45) is 5.92 Å². The number of urea groups is 1. The van der Waals surface area contributed by atoms with Crippen LogP contribution in [0.2, 0.25) is 0 Å². The van der Waals surface area contributed by atoms with Crippen LogP contribution >= 0.6 is 0 Å². The van der Waals surface area contributed by atoms with Crippen LogP contribution in [0.4, 0.5) is 4.79 Å². The fourth-order valence-electron chi connectivity index (χ4n) is 1.87. The number of carbonyl (C=O) groups is 4. The van der Waals surface area contributed by atoms with Crippen LogP contribution < -0.4 is 10.6 Å². The van der Waals surface area contributed by atoms with Crippen molar-refractivity contribution in [3.63, 3.8) is 0 Å². The van der Waals surface area contributed by atoms with E-state index in [-0.39, 0.29) is 30.2 Å². The summed E-state index contributed by atoms with van der Waals surface area (Å²) < 4.78 is 4.45. The quantitative estimate of drug-likeness (QED) is 0.252. The smallest absolute Gasteiger partial charge is 0.349 e. The number of amides is 4. The molecule has 4 amide bonds. The van der Waals surface area contributed by atoms with Crippen LogP contribution in [-0.2, 0) is 19.1 Å². The molecule has 0 heterocycles. The SMILES string of the molecule is CNC(=O)[C@H](CCC(=O)OC)NC(=O)N(O)C(=O)[C@@H](O)CCC(C)C. The van der Waals surface area contributed by atoms with Crippen LogP contribution in [0.3, 0.4) is 0 Å². The summed E-state index contributed by atoms with van der Waals surface area (Å²) in [5.74, 6) is -2.15. The Kier molecular flexibility index (Phi) is 10.4. The van der Waals surface area contributed by atoms with Crippen LogP contribution in [0, 0.1) is 5.92 Å². The number of methoxy groups -OCH3 is 1. The number of hydroxylamine groups is 2. The second-order valence-electron chi connectivity index (χ2n) is 5.87. The number of hydrogen-bond donors (Lipinski definition) is 4. The minimum atomic E-state index is -1.54. The van der Waals surface area contributed by atoms with Crippen molar-refractivity contribution < 1.29 is 34.2 Å². The second-order valence-corrected chi connectivity index (χ2v) is 5.87. The Morgan fingerprint density at radius 1 is 1.12 bits per heavy atom. The fourth-order valence-corrected chi connectivity index (χ4v) is 1.87. The largest absolute Gasteiger partial charge is 0.469 e. The molecule has 0 rings (SSSR count). The second kappa shape index (κ2) is 11.4. The normalized spacial score (nSPS) is 12.9. The lowest BCUT2D eigenvalue weighted by molar-refractivity contribution is -0.163. The maximum absolute atomic E-state index is 11.9. The van der Waals surface area contributed by atoms with E-state index in [4.69, 9.17) is 0 Å². The van der Waals surface area contributed by atoms with Crippen molar-refractivity contribution in [2.75, 3.05) is 14.2 Å². The summed E-state index contributed by atoms with van der Waals surface area (Å²) in [6.07, 6.45) is -1.15. The third-order valence-electron chi connectivity index (χ3n) is 3.43. The molecule has 0 saturated heterocycles. The molecule has 4 N–H and O–H groups in total. The molecule has 0 aliphatic carbocycles. The zero-order chi connectivity index (χ0) is 19.6. The van der Waals surface area contributed by atoms with Crippen molar-refractivity contribution >= 4 is 23.8 Å². The number of imide groups is 1. The van der Waals surface area contributed by atoms with Gasteiger partial charge in [0.1, 0.15) is 12.1 Å². The van der Waals surface area contributed by atoms with Crippen molar-refractivity contribution in [2.45, 2.75) is 51.7 Å². The van der Waals surface area contributed by atoms with E-state index in [1.54, 1.807) is 0 Å². The highest BCUT2D eigenvalue weighted by atomic mass is 16.5. The minimum absolute atomic E-state index is 0.0854. The molecule has 0 bridgehead atoms. The maximum atomic E-state index is 11.9. The number of hydrogen-bond acceptors (Lipinski definition) is 7. The Hall–Kier alpha value is -2.20. The molecule has 0 aliphatic rings. The number of rotatable bonds is 9. The third kappa shape index (κ3) is 8.45. The summed E-state index contributed by atoms with van der Waals surface area (Å²) in [6.45, 7) is 3.80. The molecule has 0 saturated carbocycles. The summed E-state index contributed by atoms with van der Waals surface area (Å²) in [5.41, 5.74) is 0. The molecule has 2 atom stereocenters. The monoisotopic (exact) mass is 361 g/mol. The molecule has 0 aliphatic heterocycles.